The molecule has 2 fully saturated rings. The third kappa shape index (κ3) is 2.87. The Morgan fingerprint density at radius 3 is 2.75 bits per heavy atom. The molecular formula is C15H20BrClN2O. The van der Waals surface area contributed by atoms with E-state index in [1.807, 2.05) is 17.0 Å². The molecule has 3 rings (SSSR count). The number of hydrogen-bond acceptors (Lipinski definition) is 2. The van der Waals surface area contributed by atoms with Crippen LogP contribution in [0.5, 0.6) is 0 Å². The summed E-state index contributed by atoms with van der Waals surface area (Å²) in [4.78, 5) is 14.8. The number of piperidine rings is 1. The van der Waals surface area contributed by atoms with E-state index in [9.17, 15) is 4.79 Å². The zero-order valence-electron chi connectivity index (χ0n) is 11.3. The average Bonchev–Trinajstić information content (AvgIpc) is 3.19. The molecular weight excluding hydrogens is 340 g/mol. The lowest BCUT2D eigenvalue weighted by Gasteiger charge is -2.33. The van der Waals surface area contributed by atoms with E-state index in [1.54, 1.807) is 0 Å². The number of likely N-dealkylation sites (tertiary alicyclic amines) is 1. The van der Waals surface area contributed by atoms with Crippen LogP contribution in [0.15, 0.2) is 28.7 Å². The van der Waals surface area contributed by atoms with Crippen LogP contribution in [0.25, 0.3) is 0 Å². The monoisotopic (exact) mass is 358 g/mol. The first-order chi connectivity index (χ1) is 9.12. The second-order valence-electron chi connectivity index (χ2n) is 5.75. The van der Waals surface area contributed by atoms with Crippen LogP contribution < -0.4 is 5.73 Å². The van der Waals surface area contributed by atoms with Crippen molar-refractivity contribution in [3.63, 3.8) is 0 Å². The molecule has 110 valence electrons. The number of rotatable bonds is 2. The van der Waals surface area contributed by atoms with Crippen LogP contribution >= 0.6 is 28.3 Å². The Kier molecular flexibility index (Phi) is 4.77. The molecule has 5 heteroatoms. The van der Waals surface area contributed by atoms with Gasteiger partial charge >= 0.3 is 0 Å². The number of halogens is 2. The van der Waals surface area contributed by atoms with Gasteiger partial charge in [-0.15, -0.1) is 12.4 Å². The topological polar surface area (TPSA) is 46.3 Å². The number of amides is 1. The zero-order valence-corrected chi connectivity index (χ0v) is 13.8. The summed E-state index contributed by atoms with van der Waals surface area (Å²) >= 11 is 3.49. The molecule has 1 amide bonds. The molecule has 1 aliphatic heterocycles. The molecule has 1 heterocycles. The average molecular weight is 360 g/mol. The van der Waals surface area contributed by atoms with Gasteiger partial charge in [-0.05, 0) is 43.4 Å². The number of nitrogens with two attached hydrogens (primary N) is 1. The minimum atomic E-state index is -0.263. The van der Waals surface area contributed by atoms with Crippen molar-refractivity contribution in [1.29, 1.82) is 0 Å². The standard InChI is InChI=1S/C15H19BrN2O.ClH/c16-12-4-1-3-11(9-12)15(6-7-15)14(19)18-8-2-5-13(17)10-18;/h1,3-4,9,13H,2,5-8,10,17H2;1H. The molecule has 2 aliphatic rings. The van der Waals surface area contributed by atoms with E-state index < -0.39 is 0 Å². The Morgan fingerprint density at radius 1 is 1.40 bits per heavy atom. The minimum Gasteiger partial charge on any atom is -0.340 e. The van der Waals surface area contributed by atoms with Gasteiger partial charge in [-0.2, -0.15) is 0 Å². The molecule has 1 aromatic rings. The maximum atomic E-state index is 12.8. The van der Waals surface area contributed by atoms with Crippen LogP contribution in [0.4, 0.5) is 0 Å². The van der Waals surface area contributed by atoms with Crippen LogP contribution in [0.2, 0.25) is 0 Å². The summed E-state index contributed by atoms with van der Waals surface area (Å²) < 4.78 is 1.04. The fraction of sp³-hybridized carbons (Fsp3) is 0.533. The predicted octanol–water partition coefficient (Wildman–Crippen LogP) is 2.85. The lowest BCUT2D eigenvalue weighted by molar-refractivity contribution is -0.135. The van der Waals surface area contributed by atoms with E-state index in [0.717, 1.165) is 42.3 Å². The molecule has 0 aromatic heterocycles. The van der Waals surface area contributed by atoms with Gasteiger partial charge in [-0.25, -0.2) is 0 Å². The fourth-order valence-electron chi connectivity index (χ4n) is 3.03. The van der Waals surface area contributed by atoms with Crippen molar-refractivity contribution in [3.8, 4) is 0 Å². The van der Waals surface area contributed by atoms with Crippen molar-refractivity contribution in [2.75, 3.05) is 13.1 Å². The largest absolute Gasteiger partial charge is 0.340 e. The van der Waals surface area contributed by atoms with E-state index in [-0.39, 0.29) is 29.8 Å². The van der Waals surface area contributed by atoms with Crippen molar-refractivity contribution < 1.29 is 4.79 Å². The Balaban J connectivity index is 0.00000147. The molecule has 0 radical (unpaired) electrons. The molecule has 0 spiro atoms. The molecule has 20 heavy (non-hydrogen) atoms. The third-order valence-corrected chi connectivity index (χ3v) is 4.77. The zero-order chi connectivity index (χ0) is 13.5. The van der Waals surface area contributed by atoms with E-state index >= 15 is 0 Å². The number of carbonyl (C=O) groups excluding carboxylic acids is 1. The molecule has 1 aromatic carbocycles. The summed E-state index contributed by atoms with van der Waals surface area (Å²) in [6, 6.07) is 8.31. The van der Waals surface area contributed by atoms with Gasteiger partial charge in [0.15, 0.2) is 0 Å². The van der Waals surface area contributed by atoms with Gasteiger partial charge in [0.2, 0.25) is 5.91 Å². The van der Waals surface area contributed by atoms with Gasteiger partial charge in [-0.3, -0.25) is 4.79 Å². The van der Waals surface area contributed by atoms with Crippen molar-refractivity contribution in [3.05, 3.63) is 34.3 Å². The first-order valence-electron chi connectivity index (χ1n) is 6.93. The summed E-state index contributed by atoms with van der Waals surface area (Å²) in [7, 11) is 0. The van der Waals surface area contributed by atoms with Crippen molar-refractivity contribution >= 4 is 34.2 Å². The van der Waals surface area contributed by atoms with Gasteiger partial charge in [0.25, 0.3) is 0 Å². The van der Waals surface area contributed by atoms with Crippen molar-refractivity contribution in [1.82, 2.24) is 4.90 Å². The Bertz CT molecular complexity index is 504. The predicted molar refractivity (Wildman–Crippen MR) is 86.1 cm³/mol. The van der Waals surface area contributed by atoms with Crippen LogP contribution in [0.1, 0.15) is 31.2 Å². The van der Waals surface area contributed by atoms with Crippen molar-refractivity contribution in [2.45, 2.75) is 37.1 Å². The number of hydrogen-bond donors (Lipinski definition) is 1. The quantitative estimate of drug-likeness (QED) is 0.882. The second-order valence-corrected chi connectivity index (χ2v) is 6.66. The maximum absolute atomic E-state index is 12.8. The first-order valence-corrected chi connectivity index (χ1v) is 7.72. The molecule has 1 saturated heterocycles. The smallest absolute Gasteiger partial charge is 0.233 e. The van der Waals surface area contributed by atoms with Crippen LogP contribution in [-0.2, 0) is 10.2 Å². The van der Waals surface area contributed by atoms with E-state index in [2.05, 4.69) is 28.1 Å². The highest BCUT2D eigenvalue weighted by Crippen LogP contribution is 2.50. The van der Waals surface area contributed by atoms with E-state index in [0.29, 0.717) is 6.54 Å². The Labute approximate surface area is 134 Å². The summed E-state index contributed by atoms with van der Waals surface area (Å²) in [6.45, 7) is 1.58. The fourth-order valence-corrected chi connectivity index (χ4v) is 3.43. The van der Waals surface area contributed by atoms with Crippen LogP contribution in [0, 0.1) is 0 Å². The highest BCUT2D eigenvalue weighted by molar-refractivity contribution is 9.10. The summed E-state index contributed by atoms with van der Waals surface area (Å²) in [5.74, 6) is 0.278. The molecule has 1 unspecified atom stereocenters. The minimum absolute atomic E-state index is 0. The molecule has 1 aliphatic carbocycles. The lowest BCUT2D eigenvalue weighted by Crippen LogP contribution is -2.49. The summed E-state index contributed by atoms with van der Waals surface area (Å²) in [5.41, 5.74) is 6.87. The SMILES string of the molecule is Cl.NC1CCCN(C(=O)C2(c3cccc(Br)c3)CC2)C1. The summed E-state index contributed by atoms with van der Waals surface area (Å²) in [6.07, 6.45) is 4.00. The highest BCUT2D eigenvalue weighted by atomic mass is 79.9. The van der Waals surface area contributed by atoms with E-state index in [4.69, 9.17) is 5.73 Å². The second kappa shape index (κ2) is 6.04. The first kappa shape index (κ1) is 15.8. The highest BCUT2D eigenvalue weighted by Gasteiger charge is 2.53. The lowest BCUT2D eigenvalue weighted by atomic mass is 9.93. The maximum Gasteiger partial charge on any atom is 0.233 e. The van der Waals surface area contributed by atoms with Gasteiger partial charge in [-0.1, -0.05) is 28.1 Å². The molecule has 1 saturated carbocycles. The number of nitrogens with zero attached hydrogens (tertiary/aromatic N) is 1. The van der Waals surface area contributed by atoms with Crippen LogP contribution in [-0.4, -0.2) is 29.9 Å². The van der Waals surface area contributed by atoms with Gasteiger partial charge in [0, 0.05) is 23.6 Å². The van der Waals surface area contributed by atoms with Gasteiger partial charge < -0.3 is 10.6 Å². The molecule has 2 N–H and O–H groups in total. The number of carbonyl (C=O) groups is 1. The Hall–Kier alpha value is -0.580. The van der Waals surface area contributed by atoms with Gasteiger partial charge in [0.05, 0.1) is 5.41 Å². The number of benzene rings is 1. The van der Waals surface area contributed by atoms with Crippen LogP contribution in [0.3, 0.4) is 0 Å². The van der Waals surface area contributed by atoms with E-state index in [1.165, 1.54) is 0 Å². The molecule has 3 nitrogen and oxygen atoms in total. The van der Waals surface area contributed by atoms with Gasteiger partial charge in [0.1, 0.15) is 0 Å². The van der Waals surface area contributed by atoms with Crippen molar-refractivity contribution in [2.24, 2.45) is 5.73 Å². The molecule has 0 bridgehead atoms. The summed E-state index contributed by atoms with van der Waals surface area (Å²) in [5, 5.41) is 0. The molecule has 1 atom stereocenters. The Morgan fingerprint density at radius 2 is 2.15 bits per heavy atom. The third-order valence-electron chi connectivity index (χ3n) is 4.28. The normalized spacial score (nSPS) is 23.9.